The van der Waals surface area contributed by atoms with Gasteiger partial charge in [-0.15, -0.1) is 10.2 Å². The van der Waals surface area contributed by atoms with Gasteiger partial charge in [-0.25, -0.2) is 0 Å². The number of nitrogens with zero attached hydrogens (tertiary/aromatic N) is 3. The third-order valence-electron chi connectivity index (χ3n) is 4.53. The average molecular weight is 366 g/mol. The quantitative estimate of drug-likeness (QED) is 0.472. The lowest BCUT2D eigenvalue weighted by molar-refractivity contribution is 0.0993. The molecule has 0 spiro atoms. The number of ketones is 1. The van der Waals surface area contributed by atoms with Gasteiger partial charge in [0.2, 0.25) is 0 Å². The molecule has 0 unspecified atom stereocenters. The number of aromatic nitrogens is 3. The van der Waals surface area contributed by atoms with Crippen LogP contribution in [0.3, 0.4) is 0 Å². The molecule has 0 aliphatic heterocycles. The second-order valence-electron chi connectivity index (χ2n) is 6.52. The molecule has 3 aromatic rings. The monoisotopic (exact) mass is 365 g/mol. The van der Waals surface area contributed by atoms with Crippen LogP contribution in [-0.4, -0.2) is 25.8 Å². The third-order valence-corrected chi connectivity index (χ3v) is 5.61. The van der Waals surface area contributed by atoms with E-state index in [0.717, 1.165) is 22.1 Å². The Balaban J connectivity index is 1.78. The maximum absolute atomic E-state index is 12.8. The van der Waals surface area contributed by atoms with Crippen LogP contribution in [0.15, 0.2) is 53.7 Å². The first-order valence-corrected chi connectivity index (χ1v) is 9.55. The molecule has 0 N–H and O–H groups in total. The molecular formula is C21H23N3OS. The number of Topliss-reactive ketones (excluding diaryl/α,β-unsaturated/α-hetero) is 1. The fourth-order valence-electron chi connectivity index (χ4n) is 2.74. The van der Waals surface area contributed by atoms with E-state index < -0.39 is 0 Å². The van der Waals surface area contributed by atoms with E-state index in [1.165, 1.54) is 22.9 Å². The predicted octanol–water partition coefficient (Wildman–Crippen LogP) is 4.62. The van der Waals surface area contributed by atoms with Crippen molar-refractivity contribution in [1.82, 2.24) is 14.8 Å². The first-order valence-electron chi connectivity index (χ1n) is 8.67. The van der Waals surface area contributed by atoms with Crippen molar-refractivity contribution < 1.29 is 4.79 Å². The van der Waals surface area contributed by atoms with Crippen LogP contribution in [0.4, 0.5) is 0 Å². The summed E-state index contributed by atoms with van der Waals surface area (Å²) < 4.78 is 2.06. The summed E-state index contributed by atoms with van der Waals surface area (Å²) >= 11 is 1.46. The summed E-state index contributed by atoms with van der Waals surface area (Å²) in [5, 5.41) is 9.04. The van der Waals surface area contributed by atoms with Crippen molar-refractivity contribution in [1.29, 1.82) is 0 Å². The lowest BCUT2D eigenvalue weighted by Gasteiger charge is -2.13. The van der Waals surface area contributed by atoms with Crippen molar-refractivity contribution in [2.45, 2.75) is 44.6 Å². The smallest absolute Gasteiger partial charge is 0.192 e. The maximum atomic E-state index is 12.8. The van der Waals surface area contributed by atoms with Gasteiger partial charge >= 0.3 is 0 Å². The fourth-order valence-corrected chi connectivity index (χ4v) is 3.71. The SMILES string of the molecule is Cc1ccc(C(=O)[C@H](C)Sc2nnc(C)n2Cc2ccccc2)cc1C. The maximum Gasteiger partial charge on any atom is 0.192 e. The van der Waals surface area contributed by atoms with Crippen molar-refractivity contribution in [3.63, 3.8) is 0 Å². The molecule has 0 fully saturated rings. The molecule has 0 radical (unpaired) electrons. The minimum absolute atomic E-state index is 0.116. The number of carbonyl (C=O) groups is 1. The number of carbonyl (C=O) groups excluding carboxylic acids is 1. The lowest BCUT2D eigenvalue weighted by Crippen LogP contribution is -2.15. The number of benzene rings is 2. The summed E-state index contributed by atoms with van der Waals surface area (Å²) in [5.74, 6) is 0.965. The van der Waals surface area contributed by atoms with Gasteiger partial charge in [-0.1, -0.05) is 54.2 Å². The van der Waals surface area contributed by atoms with E-state index in [1.807, 2.05) is 57.2 Å². The highest BCUT2D eigenvalue weighted by molar-refractivity contribution is 8.00. The topological polar surface area (TPSA) is 47.8 Å². The van der Waals surface area contributed by atoms with E-state index in [1.54, 1.807) is 0 Å². The van der Waals surface area contributed by atoms with Crippen LogP contribution in [0.2, 0.25) is 0 Å². The van der Waals surface area contributed by atoms with Crippen LogP contribution in [0, 0.1) is 20.8 Å². The normalized spacial score (nSPS) is 12.2. The van der Waals surface area contributed by atoms with Crippen LogP contribution in [-0.2, 0) is 6.54 Å². The van der Waals surface area contributed by atoms with Crippen LogP contribution in [0.1, 0.15) is 39.8 Å². The van der Waals surface area contributed by atoms with Crippen molar-refractivity contribution in [3.05, 3.63) is 76.6 Å². The second-order valence-corrected chi connectivity index (χ2v) is 7.83. The summed E-state index contributed by atoms with van der Waals surface area (Å²) in [6, 6.07) is 16.1. The Morgan fingerprint density at radius 3 is 2.46 bits per heavy atom. The molecule has 0 aliphatic rings. The van der Waals surface area contributed by atoms with Gasteiger partial charge in [-0.2, -0.15) is 0 Å². The minimum Gasteiger partial charge on any atom is -0.302 e. The highest BCUT2D eigenvalue weighted by atomic mass is 32.2. The molecule has 4 nitrogen and oxygen atoms in total. The van der Waals surface area contributed by atoms with E-state index in [2.05, 4.69) is 33.8 Å². The highest BCUT2D eigenvalue weighted by Crippen LogP contribution is 2.26. The molecule has 5 heteroatoms. The molecule has 1 aromatic heterocycles. The first kappa shape index (κ1) is 18.4. The second kappa shape index (κ2) is 7.87. The molecule has 1 atom stereocenters. The standard InChI is InChI=1S/C21H23N3OS/c1-14-10-11-19(12-15(14)2)20(25)16(3)26-21-23-22-17(4)24(21)13-18-8-6-5-7-9-18/h5-12,16H,13H2,1-4H3/t16-/m0/s1. The molecular weight excluding hydrogens is 342 g/mol. The van der Waals surface area contributed by atoms with E-state index in [4.69, 9.17) is 0 Å². The number of aryl methyl sites for hydroxylation is 3. The molecule has 2 aromatic carbocycles. The van der Waals surface area contributed by atoms with Crippen molar-refractivity contribution in [2.24, 2.45) is 0 Å². The van der Waals surface area contributed by atoms with Gasteiger partial charge in [0.15, 0.2) is 10.9 Å². The number of hydrogen-bond acceptors (Lipinski definition) is 4. The van der Waals surface area contributed by atoms with E-state index in [9.17, 15) is 4.79 Å². The number of rotatable bonds is 6. The molecule has 26 heavy (non-hydrogen) atoms. The van der Waals surface area contributed by atoms with Crippen LogP contribution in [0.25, 0.3) is 0 Å². The molecule has 134 valence electrons. The molecule has 0 aliphatic carbocycles. The number of thioether (sulfide) groups is 1. The molecule has 1 heterocycles. The van der Waals surface area contributed by atoms with Gasteiger partial charge < -0.3 is 4.57 Å². The zero-order valence-corrected chi connectivity index (χ0v) is 16.4. The summed E-state index contributed by atoms with van der Waals surface area (Å²) in [7, 11) is 0. The minimum atomic E-state index is -0.227. The zero-order valence-electron chi connectivity index (χ0n) is 15.6. The molecule has 0 saturated heterocycles. The Kier molecular flexibility index (Phi) is 5.57. The Labute approximate surface area is 158 Å². The Morgan fingerprint density at radius 1 is 1.04 bits per heavy atom. The number of hydrogen-bond donors (Lipinski definition) is 0. The van der Waals surface area contributed by atoms with Crippen molar-refractivity contribution >= 4 is 17.5 Å². The van der Waals surface area contributed by atoms with E-state index in [-0.39, 0.29) is 11.0 Å². The Bertz CT molecular complexity index is 918. The van der Waals surface area contributed by atoms with Gasteiger partial charge in [0, 0.05) is 5.56 Å². The largest absolute Gasteiger partial charge is 0.302 e. The van der Waals surface area contributed by atoms with E-state index in [0.29, 0.717) is 6.54 Å². The molecule has 0 saturated carbocycles. The zero-order chi connectivity index (χ0) is 18.7. The Hall–Kier alpha value is -2.40. The van der Waals surface area contributed by atoms with Gasteiger partial charge in [-0.05, 0) is 50.5 Å². The highest BCUT2D eigenvalue weighted by Gasteiger charge is 2.21. The van der Waals surface area contributed by atoms with Crippen LogP contribution >= 0.6 is 11.8 Å². The van der Waals surface area contributed by atoms with Crippen LogP contribution < -0.4 is 0 Å². The third kappa shape index (κ3) is 4.05. The van der Waals surface area contributed by atoms with Gasteiger partial charge in [0.1, 0.15) is 5.82 Å². The summed E-state index contributed by atoms with van der Waals surface area (Å²) in [4.78, 5) is 12.8. The Morgan fingerprint density at radius 2 is 1.77 bits per heavy atom. The first-order chi connectivity index (χ1) is 12.5. The summed E-state index contributed by atoms with van der Waals surface area (Å²) in [6.45, 7) is 8.65. The fraction of sp³-hybridized carbons (Fsp3) is 0.286. The lowest BCUT2D eigenvalue weighted by atomic mass is 10.0. The van der Waals surface area contributed by atoms with Crippen LogP contribution in [0.5, 0.6) is 0 Å². The van der Waals surface area contributed by atoms with Crippen molar-refractivity contribution in [2.75, 3.05) is 0 Å². The van der Waals surface area contributed by atoms with Crippen molar-refractivity contribution in [3.8, 4) is 0 Å². The molecule has 0 bridgehead atoms. The van der Waals surface area contributed by atoms with E-state index >= 15 is 0 Å². The van der Waals surface area contributed by atoms with Gasteiger partial charge in [0.05, 0.1) is 11.8 Å². The molecule has 0 amide bonds. The summed E-state index contributed by atoms with van der Waals surface area (Å²) in [6.07, 6.45) is 0. The van der Waals surface area contributed by atoms with Gasteiger partial charge in [0.25, 0.3) is 0 Å². The molecule has 3 rings (SSSR count). The summed E-state index contributed by atoms with van der Waals surface area (Å²) in [5.41, 5.74) is 4.26. The predicted molar refractivity (Wildman–Crippen MR) is 106 cm³/mol. The average Bonchev–Trinajstić information content (AvgIpc) is 2.97. The van der Waals surface area contributed by atoms with Gasteiger partial charge in [-0.3, -0.25) is 4.79 Å².